The maximum atomic E-state index is 12.9. The zero-order valence-electron chi connectivity index (χ0n) is 20.7. The number of carbonyl (C=O) groups excluding carboxylic acids is 1. The standard InChI is InChI=1S/C26H37N5O3S/c1-29-17-19-30(20-18-29)26-23(7-6-14-27-26)21-28-25(32)13-10-22-8-11-24(12-9-22)35(33,34)31-15-4-2-3-5-16-31/h6-9,11-12,14H,2-5,10,13,15-21H2,1H3,(H,28,32). The van der Waals surface area contributed by atoms with Crippen molar-refractivity contribution in [2.75, 3.05) is 51.2 Å². The van der Waals surface area contributed by atoms with Gasteiger partial charge in [0.2, 0.25) is 15.9 Å². The fraction of sp³-hybridized carbons (Fsp3) is 0.538. The number of aryl methyl sites for hydroxylation is 1. The average molecular weight is 500 g/mol. The van der Waals surface area contributed by atoms with E-state index < -0.39 is 10.0 Å². The van der Waals surface area contributed by atoms with Crippen molar-refractivity contribution in [2.45, 2.75) is 50.0 Å². The van der Waals surface area contributed by atoms with Gasteiger partial charge in [-0.1, -0.05) is 31.0 Å². The van der Waals surface area contributed by atoms with Gasteiger partial charge in [0.25, 0.3) is 0 Å². The van der Waals surface area contributed by atoms with E-state index in [4.69, 9.17) is 0 Å². The van der Waals surface area contributed by atoms with Crippen LogP contribution >= 0.6 is 0 Å². The summed E-state index contributed by atoms with van der Waals surface area (Å²) in [5.74, 6) is 0.918. The van der Waals surface area contributed by atoms with Gasteiger partial charge in [0.15, 0.2) is 0 Å². The summed E-state index contributed by atoms with van der Waals surface area (Å²) in [6, 6.07) is 10.9. The number of likely N-dealkylation sites (N-methyl/N-ethyl adjacent to an activating group) is 1. The maximum absolute atomic E-state index is 12.9. The molecule has 0 radical (unpaired) electrons. The zero-order valence-corrected chi connectivity index (χ0v) is 21.5. The van der Waals surface area contributed by atoms with Crippen LogP contribution in [-0.4, -0.2) is 74.8 Å². The highest BCUT2D eigenvalue weighted by atomic mass is 32.2. The molecule has 9 heteroatoms. The van der Waals surface area contributed by atoms with Crippen LogP contribution in [0.15, 0.2) is 47.5 Å². The van der Waals surface area contributed by atoms with E-state index in [1.165, 1.54) is 0 Å². The van der Waals surface area contributed by atoms with Crippen LogP contribution in [0.25, 0.3) is 0 Å². The lowest BCUT2D eigenvalue weighted by Crippen LogP contribution is -2.45. The molecule has 35 heavy (non-hydrogen) atoms. The predicted molar refractivity (Wildman–Crippen MR) is 138 cm³/mol. The lowest BCUT2D eigenvalue weighted by molar-refractivity contribution is -0.121. The second-order valence-corrected chi connectivity index (χ2v) is 11.5. The fourth-order valence-electron chi connectivity index (χ4n) is 4.67. The molecule has 0 spiro atoms. The first-order chi connectivity index (χ1) is 16.9. The van der Waals surface area contributed by atoms with E-state index in [-0.39, 0.29) is 5.91 Å². The van der Waals surface area contributed by atoms with E-state index in [1.807, 2.05) is 24.3 Å². The summed E-state index contributed by atoms with van der Waals surface area (Å²) in [6.45, 7) is 5.49. The zero-order chi connectivity index (χ0) is 24.7. The number of piperazine rings is 1. The highest BCUT2D eigenvalue weighted by molar-refractivity contribution is 7.89. The van der Waals surface area contributed by atoms with Crippen LogP contribution in [0.4, 0.5) is 5.82 Å². The second kappa shape index (κ2) is 12.0. The summed E-state index contributed by atoms with van der Waals surface area (Å²) in [5, 5.41) is 3.02. The SMILES string of the molecule is CN1CCN(c2ncccc2CNC(=O)CCc2ccc(S(=O)(=O)N3CCCCCC3)cc2)CC1. The van der Waals surface area contributed by atoms with Gasteiger partial charge in [-0.05, 0) is 50.1 Å². The minimum Gasteiger partial charge on any atom is -0.354 e. The molecule has 4 rings (SSSR count). The van der Waals surface area contributed by atoms with Gasteiger partial charge in [0.05, 0.1) is 4.90 Å². The molecule has 0 saturated carbocycles. The molecule has 0 aliphatic carbocycles. The molecule has 1 aromatic carbocycles. The minimum atomic E-state index is -3.45. The maximum Gasteiger partial charge on any atom is 0.243 e. The molecule has 1 aromatic heterocycles. The van der Waals surface area contributed by atoms with Gasteiger partial charge in [-0.2, -0.15) is 4.31 Å². The van der Waals surface area contributed by atoms with Gasteiger partial charge in [0, 0.05) is 64.0 Å². The molecule has 1 N–H and O–H groups in total. The lowest BCUT2D eigenvalue weighted by Gasteiger charge is -2.34. The topological polar surface area (TPSA) is 85.8 Å². The van der Waals surface area contributed by atoms with Crippen molar-refractivity contribution in [2.24, 2.45) is 0 Å². The summed E-state index contributed by atoms with van der Waals surface area (Å²) in [4.78, 5) is 22.0. The van der Waals surface area contributed by atoms with Crippen LogP contribution in [0.5, 0.6) is 0 Å². The third-order valence-electron chi connectivity index (χ3n) is 6.91. The average Bonchev–Trinajstić information content (AvgIpc) is 3.18. The number of rotatable bonds is 8. The first-order valence-corrected chi connectivity index (χ1v) is 14.1. The van der Waals surface area contributed by atoms with Crippen LogP contribution in [-0.2, 0) is 27.8 Å². The van der Waals surface area contributed by atoms with Crippen molar-refractivity contribution >= 4 is 21.7 Å². The fourth-order valence-corrected chi connectivity index (χ4v) is 6.19. The third kappa shape index (κ3) is 6.80. The molecule has 0 atom stereocenters. The molecule has 190 valence electrons. The van der Waals surface area contributed by atoms with Crippen molar-refractivity contribution in [3.63, 3.8) is 0 Å². The number of anilines is 1. The molecular formula is C26H37N5O3S. The van der Waals surface area contributed by atoms with Gasteiger partial charge in [-0.25, -0.2) is 13.4 Å². The number of sulfonamides is 1. The molecule has 2 saturated heterocycles. The number of nitrogens with one attached hydrogen (secondary N) is 1. The molecular weight excluding hydrogens is 462 g/mol. The summed E-state index contributed by atoms with van der Waals surface area (Å²) in [6.07, 6.45) is 6.73. The summed E-state index contributed by atoms with van der Waals surface area (Å²) in [7, 11) is -1.32. The quantitative estimate of drug-likeness (QED) is 0.601. The Hall–Kier alpha value is -2.49. The van der Waals surface area contributed by atoms with Crippen molar-refractivity contribution in [1.29, 1.82) is 0 Å². The van der Waals surface area contributed by atoms with Gasteiger partial charge in [-0.15, -0.1) is 0 Å². The number of hydrogen-bond acceptors (Lipinski definition) is 6. The molecule has 2 aliphatic rings. The highest BCUT2D eigenvalue weighted by Gasteiger charge is 2.25. The molecule has 8 nitrogen and oxygen atoms in total. The normalized spacial score (nSPS) is 18.3. The van der Waals surface area contributed by atoms with E-state index in [1.54, 1.807) is 22.6 Å². The number of hydrogen-bond donors (Lipinski definition) is 1. The molecule has 0 bridgehead atoms. The highest BCUT2D eigenvalue weighted by Crippen LogP contribution is 2.21. The number of pyridine rings is 1. The van der Waals surface area contributed by atoms with Crippen molar-refractivity contribution in [3.05, 3.63) is 53.7 Å². The number of nitrogens with zero attached hydrogens (tertiary/aromatic N) is 4. The Bertz CT molecular complexity index is 1070. The van der Waals surface area contributed by atoms with Crippen LogP contribution in [0.3, 0.4) is 0 Å². The molecule has 2 aromatic rings. The lowest BCUT2D eigenvalue weighted by atomic mass is 10.1. The Morgan fingerprint density at radius 1 is 0.943 bits per heavy atom. The summed E-state index contributed by atoms with van der Waals surface area (Å²) in [5.41, 5.74) is 1.97. The van der Waals surface area contributed by atoms with Crippen molar-refractivity contribution in [3.8, 4) is 0 Å². The second-order valence-electron chi connectivity index (χ2n) is 9.52. The number of carbonyl (C=O) groups is 1. The van der Waals surface area contributed by atoms with Crippen LogP contribution < -0.4 is 10.2 Å². The van der Waals surface area contributed by atoms with Gasteiger partial charge < -0.3 is 15.1 Å². The first-order valence-electron chi connectivity index (χ1n) is 12.7. The van der Waals surface area contributed by atoms with E-state index in [2.05, 4.69) is 27.1 Å². The van der Waals surface area contributed by atoms with E-state index in [0.29, 0.717) is 37.4 Å². The molecule has 2 fully saturated rings. The Labute approximate surface area is 209 Å². The first kappa shape index (κ1) is 25.6. The molecule has 0 unspecified atom stereocenters. The molecule has 3 heterocycles. The van der Waals surface area contributed by atoms with Crippen LogP contribution in [0, 0.1) is 0 Å². The van der Waals surface area contributed by atoms with Crippen molar-refractivity contribution in [1.82, 2.24) is 19.5 Å². The summed E-state index contributed by atoms with van der Waals surface area (Å²) < 4.78 is 27.5. The monoisotopic (exact) mass is 499 g/mol. The molecule has 1 amide bonds. The van der Waals surface area contributed by atoms with Crippen LogP contribution in [0.2, 0.25) is 0 Å². The molecule has 2 aliphatic heterocycles. The number of aromatic nitrogens is 1. The Morgan fingerprint density at radius 3 is 2.31 bits per heavy atom. The Balaban J connectivity index is 1.28. The number of benzene rings is 1. The van der Waals surface area contributed by atoms with Crippen LogP contribution in [0.1, 0.15) is 43.2 Å². The Morgan fingerprint density at radius 2 is 1.63 bits per heavy atom. The van der Waals surface area contributed by atoms with Gasteiger partial charge >= 0.3 is 0 Å². The number of amides is 1. The van der Waals surface area contributed by atoms with E-state index in [0.717, 1.165) is 68.8 Å². The van der Waals surface area contributed by atoms with E-state index >= 15 is 0 Å². The third-order valence-corrected chi connectivity index (χ3v) is 8.83. The minimum absolute atomic E-state index is 0.0283. The Kier molecular flexibility index (Phi) is 8.75. The summed E-state index contributed by atoms with van der Waals surface area (Å²) >= 11 is 0. The smallest absolute Gasteiger partial charge is 0.243 e. The van der Waals surface area contributed by atoms with Gasteiger partial charge in [-0.3, -0.25) is 4.79 Å². The van der Waals surface area contributed by atoms with Crippen molar-refractivity contribution < 1.29 is 13.2 Å². The van der Waals surface area contributed by atoms with E-state index in [9.17, 15) is 13.2 Å². The predicted octanol–water partition coefficient (Wildman–Crippen LogP) is 2.65. The van der Waals surface area contributed by atoms with Gasteiger partial charge in [0.1, 0.15) is 5.82 Å². The largest absolute Gasteiger partial charge is 0.354 e.